The van der Waals surface area contributed by atoms with Crippen LogP contribution in [-0.4, -0.2) is 39.3 Å². The minimum absolute atomic E-state index is 0.296. The van der Waals surface area contributed by atoms with E-state index in [2.05, 4.69) is 15.1 Å². The molecular weight excluding hydrogens is 270 g/mol. The Hall–Kier alpha value is -2.21. The maximum atomic E-state index is 11.1. The van der Waals surface area contributed by atoms with Crippen molar-refractivity contribution in [3.8, 4) is 11.5 Å². The molecule has 1 aromatic carbocycles. The molecule has 6 heteroatoms. The van der Waals surface area contributed by atoms with Crippen molar-refractivity contribution in [1.29, 1.82) is 0 Å². The summed E-state index contributed by atoms with van der Waals surface area (Å²) in [4.78, 5) is 13.1. The quantitative estimate of drug-likeness (QED) is 0.927. The second kappa shape index (κ2) is 6.05. The molecule has 1 atom stereocenters. The lowest BCUT2D eigenvalue weighted by Gasteiger charge is -2.29. The monoisotopic (exact) mass is 287 g/mol. The van der Waals surface area contributed by atoms with Crippen LogP contribution in [0.25, 0.3) is 11.5 Å². The number of rotatable bonds is 4. The van der Waals surface area contributed by atoms with Gasteiger partial charge in [0.15, 0.2) is 0 Å². The number of hydrogen-bond acceptors (Lipinski definition) is 5. The second-order valence-electron chi connectivity index (χ2n) is 5.28. The van der Waals surface area contributed by atoms with Gasteiger partial charge in [-0.3, -0.25) is 9.69 Å². The summed E-state index contributed by atoms with van der Waals surface area (Å²) in [7, 11) is 0. The van der Waals surface area contributed by atoms with Crippen molar-refractivity contribution in [2.24, 2.45) is 5.92 Å². The van der Waals surface area contributed by atoms with Gasteiger partial charge in [0.05, 0.1) is 12.5 Å². The predicted molar refractivity (Wildman–Crippen MR) is 75.4 cm³/mol. The van der Waals surface area contributed by atoms with Gasteiger partial charge in [-0.15, -0.1) is 10.2 Å². The Balaban J connectivity index is 1.66. The molecule has 1 aliphatic heterocycles. The summed E-state index contributed by atoms with van der Waals surface area (Å²) in [5, 5.41) is 17.2. The van der Waals surface area contributed by atoms with E-state index in [4.69, 9.17) is 9.52 Å². The number of carboxylic acids is 1. The van der Waals surface area contributed by atoms with E-state index in [0.29, 0.717) is 24.9 Å². The van der Waals surface area contributed by atoms with Gasteiger partial charge in [0.25, 0.3) is 0 Å². The van der Waals surface area contributed by atoms with E-state index in [-0.39, 0.29) is 5.92 Å². The minimum Gasteiger partial charge on any atom is -0.481 e. The van der Waals surface area contributed by atoms with E-state index >= 15 is 0 Å². The third-order valence-electron chi connectivity index (χ3n) is 3.70. The van der Waals surface area contributed by atoms with Crippen LogP contribution in [-0.2, 0) is 11.3 Å². The van der Waals surface area contributed by atoms with Gasteiger partial charge < -0.3 is 9.52 Å². The molecule has 110 valence electrons. The minimum atomic E-state index is -0.727. The Bertz CT molecular complexity index is 612. The highest BCUT2D eigenvalue weighted by Gasteiger charge is 2.26. The maximum Gasteiger partial charge on any atom is 0.307 e. The Morgan fingerprint density at radius 3 is 2.90 bits per heavy atom. The molecule has 0 bridgehead atoms. The number of likely N-dealkylation sites (tertiary alicyclic amines) is 1. The molecule has 0 radical (unpaired) electrons. The normalized spacial score (nSPS) is 19.5. The summed E-state index contributed by atoms with van der Waals surface area (Å²) >= 11 is 0. The van der Waals surface area contributed by atoms with E-state index in [1.165, 1.54) is 0 Å². The van der Waals surface area contributed by atoms with Crippen LogP contribution in [0, 0.1) is 5.92 Å². The van der Waals surface area contributed by atoms with Crippen LogP contribution in [0.4, 0.5) is 0 Å². The van der Waals surface area contributed by atoms with E-state index < -0.39 is 5.97 Å². The highest BCUT2D eigenvalue weighted by atomic mass is 16.4. The topological polar surface area (TPSA) is 79.5 Å². The van der Waals surface area contributed by atoms with E-state index in [1.807, 2.05) is 30.3 Å². The van der Waals surface area contributed by atoms with Crippen molar-refractivity contribution in [2.45, 2.75) is 19.4 Å². The van der Waals surface area contributed by atoms with Gasteiger partial charge in [-0.2, -0.15) is 0 Å². The Morgan fingerprint density at radius 1 is 1.33 bits per heavy atom. The Morgan fingerprint density at radius 2 is 2.14 bits per heavy atom. The molecule has 1 aliphatic rings. The van der Waals surface area contributed by atoms with Crippen molar-refractivity contribution in [2.75, 3.05) is 13.1 Å². The Labute approximate surface area is 122 Å². The zero-order valence-corrected chi connectivity index (χ0v) is 11.6. The lowest BCUT2D eigenvalue weighted by Crippen LogP contribution is -2.38. The molecule has 0 spiro atoms. The second-order valence-corrected chi connectivity index (χ2v) is 5.28. The summed E-state index contributed by atoms with van der Waals surface area (Å²) in [6.45, 7) is 1.91. The summed E-state index contributed by atoms with van der Waals surface area (Å²) in [5.74, 6) is 0.00255. The summed E-state index contributed by atoms with van der Waals surface area (Å²) in [6.07, 6.45) is 1.63. The van der Waals surface area contributed by atoms with Crippen molar-refractivity contribution in [1.82, 2.24) is 15.1 Å². The largest absolute Gasteiger partial charge is 0.481 e. The first-order valence-corrected chi connectivity index (χ1v) is 7.05. The van der Waals surface area contributed by atoms with Gasteiger partial charge in [-0.1, -0.05) is 18.2 Å². The highest BCUT2D eigenvalue weighted by molar-refractivity contribution is 5.70. The molecule has 3 rings (SSSR count). The van der Waals surface area contributed by atoms with Gasteiger partial charge in [0.1, 0.15) is 0 Å². The molecule has 21 heavy (non-hydrogen) atoms. The molecule has 2 aromatic rings. The summed E-state index contributed by atoms with van der Waals surface area (Å²) in [5.41, 5.74) is 0.887. The lowest BCUT2D eigenvalue weighted by atomic mass is 9.98. The van der Waals surface area contributed by atoms with Gasteiger partial charge in [-0.25, -0.2) is 0 Å². The average molecular weight is 287 g/mol. The number of piperidine rings is 1. The van der Waals surface area contributed by atoms with Crippen LogP contribution in [0.5, 0.6) is 0 Å². The van der Waals surface area contributed by atoms with Gasteiger partial charge in [0.2, 0.25) is 11.8 Å². The molecule has 1 unspecified atom stereocenters. The van der Waals surface area contributed by atoms with Gasteiger partial charge in [0, 0.05) is 12.1 Å². The number of hydrogen-bond donors (Lipinski definition) is 1. The SMILES string of the molecule is O=C(O)C1CCCN(Cc2nnc(-c3ccccc3)o2)C1. The molecule has 1 N–H and O–H groups in total. The fourth-order valence-corrected chi connectivity index (χ4v) is 2.61. The molecule has 1 fully saturated rings. The van der Waals surface area contributed by atoms with Crippen LogP contribution in [0.2, 0.25) is 0 Å². The lowest BCUT2D eigenvalue weighted by molar-refractivity contribution is -0.143. The van der Waals surface area contributed by atoms with Gasteiger partial charge >= 0.3 is 5.97 Å². The van der Waals surface area contributed by atoms with Crippen LogP contribution >= 0.6 is 0 Å². The summed E-state index contributed by atoms with van der Waals surface area (Å²) < 4.78 is 5.66. The van der Waals surface area contributed by atoms with E-state index in [0.717, 1.165) is 24.9 Å². The van der Waals surface area contributed by atoms with Gasteiger partial charge in [-0.05, 0) is 31.5 Å². The predicted octanol–water partition coefficient (Wildman–Crippen LogP) is 2.03. The average Bonchev–Trinajstić information content (AvgIpc) is 2.97. The first kappa shape index (κ1) is 13.8. The number of aliphatic carboxylic acids is 1. The fraction of sp³-hybridized carbons (Fsp3) is 0.400. The zero-order chi connectivity index (χ0) is 14.7. The molecule has 1 aromatic heterocycles. The third-order valence-corrected chi connectivity index (χ3v) is 3.70. The maximum absolute atomic E-state index is 11.1. The molecule has 1 saturated heterocycles. The van der Waals surface area contributed by atoms with Crippen LogP contribution in [0.3, 0.4) is 0 Å². The van der Waals surface area contributed by atoms with Crippen molar-refractivity contribution >= 4 is 5.97 Å². The standard InChI is InChI=1S/C15H17N3O3/c19-15(20)12-7-4-8-18(9-12)10-13-16-17-14(21-13)11-5-2-1-3-6-11/h1-3,5-6,12H,4,7-10H2,(H,19,20). The van der Waals surface area contributed by atoms with Crippen LogP contribution in [0.1, 0.15) is 18.7 Å². The Kier molecular flexibility index (Phi) is 3.96. The van der Waals surface area contributed by atoms with E-state index in [9.17, 15) is 4.79 Å². The molecule has 2 heterocycles. The molecule has 0 aliphatic carbocycles. The third kappa shape index (κ3) is 3.28. The molecule has 0 amide bonds. The summed E-state index contributed by atoms with van der Waals surface area (Å²) in [6, 6.07) is 9.60. The zero-order valence-electron chi connectivity index (χ0n) is 11.6. The fourth-order valence-electron chi connectivity index (χ4n) is 2.61. The van der Waals surface area contributed by atoms with Crippen molar-refractivity contribution < 1.29 is 14.3 Å². The number of carbonyl (C=O) groups is 1. The number of nitrogens with zero attached hydrogens (tertiary/aromatic N) is 3. The highest BCUT2D eigenvalue weighted by Crippen LogP contribution is 2.21. The molecule has 0 saturated carbocycles. The number of aromatic nitrogens is 2. The number of benzene rings is 1. The molecule has 6 nitrogen and oxygen atoms in total. The first-order valence-electron chi connectivity index (χ1n) is 7.05. The first-order chi connectivity index (χ1) is 10.2. The smallest absolute Gasteiger partial charge is 0.307 e. The van der Waals surface area contributed by atoms with E-state index in [1.54, 1.807) is 0 Å². The van der Waals surface area contributed by atoms with Crippen LogP contribution < -0.4 is 0 Å². The molecular formula is C15H17N3O3. The van der Waals surface area contributed by atoms with Crippen molar-refractivity contribution in [3.05, 3.63) is 36.2 Å². The van der Waals surface area contributed by atoms with Crippen molar-refractivity contribution in [3.63, 3.8) is 0 Å². The number of carboxylic acid groups (broad SMARTS) is 1. The van der Waals surface area contributed by atoms with Crippen LogP contribution in [0.15, 0.2) is 34.7 Å².